The van der Waals surface area contributed by atoms with Crippen LogP contribution in [0.4, 0.5) is 0 Å². The van der Waals surface area contributed by atoms with E-state index < -0.39 is 0 Å². The van der Waals surface area contributed by atoms with Crippen molar-refractivity contribution in [2.24, 2.45) is 0 Å². The Morgan fingerprint density at radius 2 is 2.12 bits per heavy atom. The largest absolute Gasteiger partial charge is 0.508 e. The molecule has 3 heteroatoms. The lowest BCUT2D eigenvalue weighted by molar-refractivity contribution is -0.116. The molecule has 2 nitrogen and oxygen atoms in total. The van der Waals surface area contributed by atoms with Gasteiger partial charge >= 0.3 is 0 Å². The summed E-state index contributed by atoms with van der Waals surface area (Å²) in [5.74, 6) is 1.10. The Bertz CT molecular complexity index is 384. The number of aromatic hydroxyl groups is 1. The fraction of sp³-hybridized carbons (Fsp3) is 0.500. The molecule has 1 saturated carbocycles. The van der Waals surface area contributed by atoms with Gasteiger partial charge in [0.1, 0.15) is 11.5 Å². The third-order valence-electron chi connectivity index (χ3n) is 3.09. The molecule has 0 heterocycles. The van der Waals surface area contributed by atoms with E-state index >= 15 is 0 Å². The van der Waals surface area contributed by atoms with Crippen molar-refractivity contribution in [3.63, 3.8) is 0 Å². The molecule has 1 aromatic rings. The molecule has 1 aliphatic carbocycles. The third kappa shape index (κ3) is 4.08. The summed E-state index contributed by atoms with van der Waals surface area (Å²) in [6, 6.07) is 6.96. The maximum absolute atomic E-state index is 11.8. The summed E-state index contributed by atoms with van der Waals surface area (Å²) in [4.78, 5) is 11.8. The third-order valence-corrected chi connectivity index (χ3v) is 4.53. The highest BCUT2D eigenvalue weighted by atomic mass is 32.2. The van der Waals surface area contributed by atoms with Gasteiger partial charge in [0, 0.05) is 11.7 Å². The van der Waals surface area contributed by atoms with Crippen molar-refractivity contribution in [2.75, 3.05) is 5.75 Å². The SMILES string of the molecule is O=C(CSC1CCCC1)Cc1cccc(O)c1. The molecule has 0 atom stereocenters. The monoisotopic (exact) mass is 250 g/mol. The van der Waals surface area contributed by atoms with Crippen LogP contribution in [0.25, 0.3) is 0 Å². The average molecular weight is 250 g/mol. The zero-order valence-electron chi connectivity index (χ0n) is 9.89. The van der Waals surface area contributed by atoms with E-state index in [4.69, 9.17) is 0 Å². The number of thioether (sulfide) groups is 1. The maximum atomic E-state index is 11.8. The van der Waals surface area contributed by atoms with Crippen molar-refractivity contribution in [3.8, 4) is 5.75 Å². The minimum Gasteiger partial charge on any atom is -0.508 e. The molecule has 0 saturated heterocycles. The minimum atomic E-state index is 0.235. The van der Waals surface area contributed by atoms with Gasteiger partial charge in [0.2, 0.25) is 0 Å². The van der Waals surface area contributed by atoms with E-state index in [0.29, 0.717) is 17.4 Å². The summed E-state index contributed by atoms with van der Waals surface area (Å²) < 4.78 is 0. The fourth-order valence-electron chi connectivity index (χ4n) is 2.21. The number of hydrogen-bond donors (Lipinski definition) is 1. The molecular formula is C14H18O2S. The lowest BCUT2D eigenvalue weighted by Gasteiger charge is -2.07. The molecule has 2 rings (SSSR count). The lowest BCUT2D eigenvalue weighted by atomic mass is 10.1. The second-order valence-corrected chi connectivity index (χ2v) is 5.89. The first-order valence-electron chi connectivity index (χ1n) is 6.15. The molecule has 1 N–H and O–H groups in total. The predicted octanol–water partition coefficient (Wildman–Crippen LogP) is 3.18. The van der Waals surface area contributed by atoms with Crippen molar-refractivity contribution in [3.05, 3.63) is 29.8 Å². The Labute approximate surface area is 106 Å². The summed E-state index contributed by atoms with van der Waals surface area (Å²) in [5.41, 5.74) is 0.905. The number of ketones is 1. The van der Waals surface area contributed by atoms with Gasteiger partial charge in [0.25, 0.3) is 0 Å². The number of Topliss-reactive ketones (excluding diaryl/α,β-unsaturated/α-hetero) is 1. The van der Waals surface area contributed by atoms with Crippen LogP contribution >= 0.6 is 11.8 Å². The normalized spacial score (nSPS) is 16.2. The molecule has 1 fully saturated rings. The van der Waals surface area contributed by atoms with Crippen LogP contribution in [0, 0.1) is 0 Å². The Morgan fingerprint density at radius 3 is 2.82 bits per heavy atom. The fourth-order valence-corrected chi connectivity index (χ4v) is 3.40. The van der Waals surface area contributed by atoms with E-state index in [2.05, 4.69) is 0 Å². The van der Waals surface area contributed by atoms with Gasteiger partial charge in [-0.05, 0) is 30.5 Å². The summed E-state index contributed by atoms with van der Waals surface area (Å²) in [6.07, 6.45) is 5.61. The lowest BCUT2D eigenvalue weighted by Crippen LogP contribution is -2.08. The number of phenolic OH excluding ortho intramolecular Hbond substituents is 1. The number of carbonyl (C=O) groups excluding carboxylic acids is 1. The van der Waals surface area contributed by atoms with Gasteiger partial charge in [0.05, 0.1) is 5.75 Å². The quantitative estimate of drug-likeness (QED) is 0.872. The van der Waals surface area contributed by atoms with Crippen LogP contribution in [0.2, 0.25) is 0 Å². The van der Waals surface area contributed by atoms with E-state index in [9.17, 15) is 9.90 Å². The van der Waals surface area contributed by atoms with E-state index in [1.807, 2.05) is 6.07 Å². The van der Waals surface area contributed by atoms with E-state index in [1.165, 1.54) is 25.7 Å². The van der Waals surface area contributed by atoms with E-state index in [-0.39, 0.29) is 11.5 Å². The van der Waals surface area contributed by atoms with E-state index in [0.717, 1.165) is 5.56 Å². The number of phenols is 1. The van der Waals surface area contributed by atoms with Crippen LogP contribution in [0.1, 0.15) is 31.2 Å². The standard InChI is InChI=1S/C14H18O2S/c15-12-5-3-4-11(8-12)9-13(16)10-17-14-6-1-2-7-14/h3-5,8,14-15H,1-2,6-7,9-10H2. The molecular weight excluding hydrogens is 232 g/mol. The van der Waals surface area contributed by atoms with Crippen molar-refractivity contribution in [2.45, 2.75) is 37.4 Å². The molecule has 92 valence electrons. The topological polar surface area (TPSA) is 37.3 Å². The van der Waals surface area contributed by atoms with Gasteiger partial charge < -0.3 is 5.11 Å². The minimum absolute atomic E-state index is 0.235. The van der Waals surface area contributed by atoms with Gasteiger partial charge in [-0.15, -0.1) is 0 Å². The van der Waals surface area contributed by atoms with Gasteiger partial charge in [-0.3, -0.25) is 4.79 Å². The smallest absolute Gasteiger partial charge is 0.147 e. The first kappa shape index (κ1) is 12.5. The number of hydrogen-bond acceptors (Lipinski definition) is 3. The van der Waals surface area contributed by atoms with Crippen LogP contribution < -0.4 is 0 Å². The van der Waals surface area contributed by atoms with Crippen molar-refractivity contribution >= 4 is 17.5 Å². The highest BCUT2D eigenvalue weighted by molar-refractivity contribution is 8.00. The zero-order chi connectivity index (χ0) is 12.1. The Hall–Kier alpha value is -0.960. The van der Waals surface area contributed by atoms with Gasteiger partial charge in [-0.1, -0.05) is 25.0 Å². The predicted molar refractivity (Wildman–Crippen MR) is 71.5 cm³/mol. The number of carbonyl (C=O) groups is 1. The molecule has 0 unspecified atom stereocenters. The Kier molecular flexibility index (Phi) is 4.49. The summed E-state index contributed by atoms with van der Waals surface area (Å²) in [7, 11) is 0. The zero-order valence-corrected chi connectivity index (χ0v) is 10.7. The highest BCUT2D eigenvalue weighted by Gasteiger charge is 2.16. The highest BCUT2D eigenvalue weighted by Crippen LogP contribution is 2.29. The Morgan fingerprint density at radius 1 is 1.35 bits per heavy atom. The van der Waals surface area contributed by atoms with Crippen molar-refractivity contribution in [1.82, 2.24) is 0 Å². The molecule has 0 radical (unpaired) electrons. The summed E-state index contributed by atoms with van der Waals surface area (Å²) in [5, 5.41) is 10.0. The molecule has 0 aromatic heterocycles. The molecule has 0 spiro atoms. The molecule has 0 bridgehead atoms. The van der Waals surface area contributed by atoms with Crippen LogP contribution in [0.5, 0.6) is 5.75 Å². The van der Waals surface area contributed by atoms with Crippen molar-refractivity contribution in [1.29, 1.82) is 0 Å². The number of rotatable bonds is 5. The van der Waals surface area contributed by atoms with Gasteiger partial charge in [-0.25, -0.2) is 0 Å². The van der Waals surface area contributed by atoms with Crippen LogP contribution in [0.3, 0.4) is 0 Å². The van der Waals surface area contributed by atoms with Gasteiger partial charge in [-0.2, -0.15) is 11.8 Å². The molecule has 0 aliphatic heterocycles. The van der Waals surface area contributed by atoms with Crippen LogP contribution in [-0.4, -0.2) is 21.9 Å². The molecule has 17 heavy (non-hydrogen) atoms. The van der Waals surface area contributed by atoms with Crippen LogP contribution in [-0.2, 0) is 11.2 Å². The molecule has 1 aliphatic rings. The first-order valence-corrected chi connectivity index (χ1v) is 7.20. The molecule has 0 amide bonds. The van der Waals surface area contributed by atoms with E-state index in [1.54, 1.807) is 30.0 Å². The second kappa shape index (κ2) is 6.10. The van der Waals surface area contributed by atoms with Crippen molar-refractivity contribution < 1.29 is 9.90 Å². The second-order valence-electron chi connectivity index (χ2n) is 4.60. The first-order chi connectivity index (χ1) is 8.24. The number of benzene rings is 1. The summed E-state index contributed by atoms with van der Waals surface area (Å²) in [6.45, 7) is 0. The summed E-state index contributed by atoms with van der Waals surface area (Å²) >= 11 is 1.80. The maximum Gasteiger partial charge on any atom is 0.147 e. The average Bonchev–Trinajstić information content (AvgIpc) is 2.79. The van der Waals surface area contributed by atoms with Gasteiger partial charge in [0.15, 0.2) is 0 Å². The Balaban J connectivity index is 1.76. The molecule has 1 aromatic carbocycles. The van der Waals surface area contributed by atoms with Crippen LogP contribution in [0.15, 0.2) is 24.3 Å².